The van der Waals surface area contributed by atoms with Gasteiger partial charge in [-0.2, -0.15) is 0 Å². The van der Waals surface area contributed by atoms with E-state index in [1.807, 2.05) is 0 Å². The predicted octanol–water partition coefficient (Wildman–Crippen LogP) is 0.893. The summed E-state index contributed by atoms with van der Waals surface area (Å²) in [4.78, 5) is 0. The van der Waals surface area contributed by atoms with Crippen LogP contribution in [0.3, 0.4) is 0 Å². The average molecular weight is 231 g/mol. The fourth-order valence-corrected chi connectivity index (χ4v) is 1.13. The van der Waals surface area contributed by atoms with Gasteiger partial charge >= 0.3 is 0 Å². The van der Waals surface area contributed by atoms with Crippen molar-refractivity contribution in [3.05, 3.63) is 30.6 Å². The summed E-state index contributed by atoms with van der Waals surface area (Å²) in [5.74, 6) is 0. The third kappa shape index (κ3) is 11.0. The van der Waals surface area contributed by atoms with Gasteiger partial charge in [0.2, 0.25) is 0 Å². The molecule has 5 heteroatoms. The molecule has 1 aromatic heterocycles. The number of aryl methyl sites for hydroxylation is 1. The van der Waals surface area contributed by atoms with Crippen LogP contribution in [0.5, 0.6) is 0 Å². The van der Waals surface area contributed by atoms with Gasteiger partial charge in [-0.05, 0) is 6.42 Å². The zero-order valence-electron chi connectivity index (χ0n) is 8.83. The van der Waals surface area contributed by atoms with Gasteiger partial charge in [-0.1, -0.05) is 19.4 Å². The Balaban J connectivity index is 0.000000423. The minimum atomic E-state index is -3.37. The largest absolute Gasteiger partial charge is 0.750 e. The van der Waals surface area contributed by atoms with Gasteiger partial charge in [0, 0.05) is 18.6 Å². The van der Waals surface area contributed by atoms with Gasteiger partial charge in [-0.15, -0.1) is 0 Å². The summed E-state index contributed by atoms with van der Waals surface area (Å²) in [5, 5.41) is 0. The lowest BCUT2D eigenvalue weighted by molar-refractivity contribution is -0.697. The fraction of sp³-hybridized carbons (Fsp3) is 0.500. The van der Waals surface area contributed by atoms with E-state index in [0.29, 0.717) is 0 Å². The SMILES string of the molecule is CCCCC[n+]1ccccc1.O=[SH](=O)[O-]. The molecule has 15 heavy (non-hydrogen) atoms. The first kappa shape index (κ1) is 14.1. The van der Waals surface area contributed by atoms with Crippen LogP contribution in [0.4, 0.5) is 0 Å². The Bertz CT molecular complexity index is 304. The van der Waals surface area contributed by atoms with Crippen molar-refractivity contribution >= 4 is 11.0 Å². The summed E-state index contributed by atoms with van der Waals surface area (Å²) in [6, 6.07) is 6.20. The fourth-order valence-electron chi connectivity index (χ4n) is 1.13. The molecule has 0 fully saturated rings. The van der Waals surface area contributed by atoms with E-state index in [1.54, 1.807) is 0 Å². The zero-order chi connectivity index (χ0) is 11.5. The van der Waals surface area contributed by atoms with E-state index >= 15 is 0 Å². The molecule has 4 nitrogen and oxygen atoms in total. The smallest absolute Gasteiger partial charge is 0.168 e. The first-order valence-corrected chi connectivity index (χ1v) is 6.02. The number of pyridine rings is 1. The molecule has 0 saturated heterocycles. The Kier molecular flexibility index (Phi) is 9.01. The molecule has 0 radical (unpaired) electrons. The van der Waals surface area contributed by atoms with Crippen molar-refractivity contribution in [1.82, 2.24) is 0 Å². The number of thiol groups is 1. The van der Waals surface area contributed by atoms with E-state index in [9.17, 15) is 0 Å². The molecular formula is C10H17NO3S. The molecule has 0 aliphatic rings. The van der Waals surface area contributed by atoms with Crippen molar-refractivity contribution in [2.45, 2.75) is 32.7 Å². The number of nitrogens with zero attached hydrogens (tertiary/aromatic N) is 1. The summed E-state index contributed by atoms with van der Waals surface area (Å²) < 4.78 is 27.7. The van der Waals surface area contributed by atoms with Gasteiger partial charge in [0.15, 0.2) is 12.4 Å². The molecule has 1 heterocycles. The Morgan fingerprint density at radius 3 is 2.13 bits per heavy atom. The Hall–Kier alpha value is -0.940. The van der Waals surface area contributed by atoms with Crippen LogP contribution in [-0.2, 0) is 17.5 Å². The van der Waals surface area contributed by atoms with Crippen LogP contribution in [0.15, 0.2) is 30.6 Å². The summed E-state index contributed by atoms with van der Waals surface area (Å²) in [6.07, 6.45) is 8.17. The molecule has 0 amide bonds. The third-order valence-corrected chi connectivity index (χ3v) is 1.80. The van der Waals surface area contributed by atoms with Crippen molar-refractivity contribution in [2.75, 3.05) is 0 Å². The molecule has 1 rings (SSSR count). The van der Waals surface area contributed by atoms with Crippen LogP contribution in [-0.4, -0.2) is 13.0 Å². The Labute approximate surface area is 92.4 Å². The third-order valence-electron chi connectivity index (χ3n) is 1.80. The summed E-state index contributed by atoms with van der Waals surface area (Å²) >= 11 is 0. The summed E-state index contributed by atoms with van der Waals surface area (Å²) in [5.41, 5.74) is 0. The quantitative estimate of drug-likeness (QED) is 0.362. The highest BCUT2D eigenvalue weighted by Gasteiger charge is 1.94. The number of aromatic nitrogens is 1. The molecule has 0 saturated carbocycles. The van der Waals surface area contributed by atoms with E-state index < -0.39 is 11.0 Å². The second-order valence-electron chi connectivity index (χ2n) is 3.04. The second-order valence-corrected chi connectivity index (χ2v) is 3.49. The maximum atomic E-state index is 8.48. The molecule has 0 aliphatic heterocycles. The van der Waals surface area contributed by atoms with Crippen LogP contribution in [0.1, 0.15) is 26.2 Å². The van der Waals surface area contributed by atoms with Crippen molar-refractivity contribution in [2.24, 2.45) is 0 Å². The highest BCUT2D eigenvalue weighted by molar-refractivity contribution is 7.66. The molecule has 86 valence electrons. The first-order chi connectivity index (χ1) is 7.16. The monoisotopic (exact) mass is 231 g/mol. The van der Waals surface area contributed by atoms with Gasteiger partial charge < -0.3 is 4.55 Å². The zero-order valence-corrected chi connectivity index (χ0v) is 9.73. The van der Waals surface area contributed by atoms with Crippen molar-refractivity contribution in [1.29, 1.82) is 0 Å². The molecule has 0 atom stereocenters. The lowest BCUT2D eigenvalue weighted by Crippen LogP contribution is -2.31. The summed E-state index contributed by atoms with van der Waals surface area (Å²) in [6.45, 7) is 3.39. The molecule has 0 unspecified atom stereocenters. The van der Waals surface area contributed by atoms with Crippen molar-refractivity contribution in [3.8, 4) is 0 Å². The summed E-state index contributed by atoms with van der Waals surface area (Å²) in [7, 11) is -3.37. The highest BCUT2D eigenvalue weighted by Crippen LogP contribution is 1.92. The lowest BCUT2D eigenvalue weighted by Gasteiger charge is -1.93. The van der Waals surface area contributed by atoms with Crippen LogP contribution >= 0.6 is 0 Å². The van der Waals surface area contributed by atoms with Crippen molar-refractivity contribution < 1.29 is 17.5 Å². The normalized spacial score (nSPS) is 9.53. The molecule has 0 spiro atoms. The van der Waals surface area contributed by atoms with E-state index in [4.69, 9.17) is 13.0 Å². The molecule has 0 aromatic carbocycles. The van der Waals surface area contributed by atoms with E-state index in [2.05, 4.69) is 42.1 Å². The number of hydrogen-bond donors (Lipinski definition) is 1. The second kappa shape index (κ2) is 9.61. The first-order valence-electron chi connectivity index (χ1n) is 4.92. The Morgan fingerprint density at radius 1 is 1.13 bits per heavy atom. The van der Waals surface area contributed by atoms with Crippen LogP contribution in [0.25, 0.3) is 0 Å². The van der Waals surface area contributed by atoms with Gasteiger partial charge in [0.25, 0.3) is 0 Å². The van der Waals surface area contributed by atoms with Crippen molar-refractivity contribution in [3.63, 3.8) is 0 Å². The number of unbranched alkanes of at least 4 members (excludes halogenated alkanes) is 2. The standard InChI is InChI=1S/C10H16N.H2O3S/c1-2-3-5-8-11-9-6-4-7-10-11;1-4(2)3/h4,6-7,9-10H,2-3,5,8H2,1H3;4H,(H,1,2,3)/q+1;/p-1. The lowest BCUT2D eigenvalue weighted by atomic mass is 10.2. The highest BCUT2D eigenvalue weighted by atomic mass is 32.2. The number of rotatable bonds is 4. The minimum absolute atomic E-state index is 1.16. The van der Waals surface area contributed by atoms with E-state index in [1.165, 1.54) is 19.3 Å². The van der Waals surface area contributed by atoms with E-state index in [-0.39, 0.29) is 0 Å². The molecular weight excluding hydrogens is 214 g/mol. The van der Waals surface area contributed by atoms with Crippen LogP contribution < -0.4 is 4.57 Å². The maximum Gasteiger partial charge on any atom is 0.168 e. The molecule has 1 aromatic rings. The average Bonchev–Trinajstić information content (AvgIpc) is 2.19. The molecule has 0 bridgehead atoms. The number of hydrogen-bond acceptors (Lipinski definition) is 3. The van der Waals surface area contributed by atoms with Gasteiger partial charge in [0.05, 0.1) is 11.0 Å². The topological polar surface area (TPSA) is 61.1 Å². The van der Waals surface area contributed by atoms with Gasteiger partial charge in [0.1, 0.15) is 6.54 Å². The van der Waals surface area contributed by atoms with Crippen LogP contribution in [0.2, 0.25) is 0 Å². The predicted molar refractivity (Wildman–Crippen MR) is 57.3 cm³/mol. The minimum Gasteiger partial charge on any atom is -0.750 e. The van der Waals surface area contributed by atoms with Gasteiger partial charge in [-0.25, -0.2) is 13.0 Å². The maximum absolute atomic E-state index is 8.48. The molecule has 0 aliphatic carbocycles. The Morgan fingerprint density at radius 2 is 1.67 bits per heavy atom. The van der Waals surface area contributed by atoms with Crippen LogP contribution in [0, 0.1) is 0 Å². The molecule has 0 N–H and O–H groups in total. The van der Waals surface area contributed by atoms with Gasteiger partial charge in [-0.3, -0.25) is 0 Å². The van der Waals surface area contributed by atoms with E-state index in [0.717, 1.165) is 6.54 Å².